The highest BCUT2D eigenvalue weighted by Gasteiger charge is 2.11. The molecule has 1 heterocycles. The van der Waals surface area contributed by atoms with Gasteiger partial charge < -0.3 is 19.7 Å². The highest BCUT2D eigenvalue weighted by Crippen LogP contribution is 2.28. The smallest absolute Gasteiger partial charge is 0.264 e. The Labute approximate surface area is 117 Å². The van der Waals surface area contributed by atoms with Gasteiger partial charge >= 0.3 is 0 Å². The van der Waals surface area contributed by atoms with Crippen molar-refractivity contribution in [3.8, 4) is 11.5 Å². The van der Waals surface area contributed by atoms with Gasteiger partial charge in [-0.2, -0.15) is 4.98 Å². The Morgan fingerprint density at radius 3 is 2.70 bits per heavy atom. The SMILES string of the molecule is COc1cc(CN)ccc1OCc1nc(C(C)C)no1. The van der Waals surface area contributed by atoms with E-state index in [1.807, 2.05) is 32.0 Å². The van der Waals surface area contributed by atoms with Gasteiger partial charge in [-0.15, -0.1) is 0 Å². The molecule has 20 heavy (non-hydrogen) atoms. The Morgan fingerprint density at radius 2 is 2.10 bits per heavy atom. The molecule has 0 radical (unpaired) electrons. The van der Waals surface area contributed by atoms with Crippen molar-refractivity contribution >= 4 is 0 Å². The Balaban J connectivity index is 2.06. The van der Waals surface area contributed by atoms with Gasteiger partial charge in [0.25, 0.3) is 5.89 Å². The third-order valence-corrected chi connectivity index (χ3v) is 2.82. The lowest BCUT2D eigenvalue weighted by molar-refractivity contribution is 0.233. The summed E-state index contributed by atoms with van der Waals surface area (Å²) in [5.41, 5.74) is 6.57. The Hall–Kier alpha value is -2.08. The first kappa shape index (κ1) is 14.3. The van der Waals surface area contributed by atoms with Gasteiger partial charge in [0.1, 0.15) is 0 Å². The van der Waals surface area contributed by atoms with Crippen LogP contribution in [0.15, 0.2) is 22.7 Å². The van der Waals surface area contributed by atoms with E-state index in [1.54, 1.807) is 7.11 Å². The molecule has 0 aliphatic heterocycles. The van der Waals surface area contributed by atoms with Crippen molar-refractivity contribution in [2.24, 2.45) is 5.73 Å². The van der Waals surface area contributed by atoms with E-state index in [-0.39, 0.29) is 12.5 Å². The van der Waals surface area contributed by atoms with E-state index in [0.29, 0.717) is 29.8 Å². The molecule has 0 fully saturated rings. The Morgan fingerprint density at radius 1 is 1.30 bits per heavy atom. The van der Waals surface area contributed by atoms with Crippen LogP contribution in [0.25, 0.3) is 0 Å². The average molecular weight is 277 g/mol. The fourth-order valence-corrected chi connectivity index (χ4v) is 1.66. The number of nitrogens with two attached hydrogens (primary N) is 1. The molecule has 0 saturated carbocycles. The van der Waals surface area contributed by atoms with E-state index in [4.69, 9.17) is 19.7 Å². The molecule has 1 aromatic carbocycles. The third kappa shape index (κ3) is 3.27. The molecule has 2 rings (SSSR count). The predicted octanol–water partition coefficient (Wildman–Crippen LogP) is 2.24. The quantitative estimate of drug-likeness (QED) is 0.871. The normalized spacial score (nSPS) is 10.8. The number of benzene rings is 1. The molecule has 6 heteroatoms. The lowest BCUT2D eigenvalue weighted by Gasteiger charge is -2.10. The lowest BCUT2D eigenvalue weighted by Crippen LogP contribution is -2.01. The number of rotatable bonds is 6. The van der Waals surface area contributed by atoms with Crippen molar-refractivity contribution < 1.29 is 14.0 Å². The van der Waals surface area contributed by atoms with E-state index in [2.05, 4.69) is 10.1 Å². The van der Waals surface area contributed by atoms with Crippen molar-refractivity contribution in [3.05, 3.63) is 35.5 Å². The number of aromatic nitrogens is 2. The molecule has 0 aliphatic carbocycles. The molecule has 0 unspecified atom stereocenters. The van der Waals surface area contributed by atoms with E-state index < -0.39 is 0 Å². The molecule has 2 N–H and O–H groups in total. The van der Waals surface area contributed by atoms with Crippen molar-refractivity contribution in [2.45, 2.75) is 32.9 Å². The van der Waals surface area contributed by atoms with Crippen LogP contribution in [0.3, 0.4) is 0 Å². The minimum Gasteiger partial charge on any atom is -0.493 e. The fourth-order valence-electron chi connectivity index (χ4n) is 1.66. The molecular weight excluding hydrogens is 258 g/mol. The maximum Gasteiger partial charge on any atom is 0.264 e. The van der Waals surface area contributed by atoms with Crippen molar-refractivity contribution in [1.29, 1.82) is 0 Å². The second kappa shape index (κ2) is 6.38. The van der Waals surface area contributed by atoms with Crippen LogP contribution in [0.4, 0.5) is 0 Å². The van der Waals surface area contributed by atoms with Gasteiger partial charge in [-0.05, 0) is 17.7 Å². The van der Waals surface area contributed by atoms with Crippen LogP contribution in [0.2, 0.25) is 0 Å². The summed E-state index contributed by atoms with van der Waals surface area (Å²) in [6, 6.07) is 5.56. The first-order valence-corrected chi connectivity index (χ1v) is 6.46. The van der Waals surface area contributed by atoms with Crippen LogP contribution >= 0.6 is 0 Å². The Bertz CT molecular complexity index is 567. The molecule has 0 aliphatic rings. The molecule has 0 saturated heterocycles. The van der Waals surface area contributed by atoms with Crippen LogP contribution in [-0.4, -0.2) is 17.3 Å². The highest BCUT2D eigenvalue weighted by atomic mass is 16.5. The lowest BCUT2D eigenvalue weighted by atomic mass is 10.2. The minimum absolute atomic E-state index is 0.206. The summed E-state index contributed by atoms with van der Waals surface area (Å²) in [6.07, 6.45) is 0. The van der Waals surface area contributed by atoms with Crippen LogP contribution in [0.1, 0.15) is 37.0 Å². The van der Waals surface area contributed by atoms with Gasteiger partial charge in [-0.1, -0.05) is 25.1 Å². The molecule has 2 aromatic rings. The highest BCUT2D eigenvalue weighted by molar-refractivity contribution is 5.42. The van der Waals surface area contributed by atoms with Crippen LogP contribution in [0, 0.1) is 0 Å². The summed E-state index contributed by atoms with van der Waals surface area (Å²) < 4.78 is 16.0. The van der Waals surface area contributed by atoms with Crippen molar-refractivity contribution in [2.75, 3.05) is 7.11 Å². The number of hydrogen-bond acceptors (Lipinski definition) is 6. The summed E-state index contributed by atoms with van der Waals surface area (Å²) >= 11 is 0. The molecule has 1 aromatic heterocycles. The first-order valence-electron chi connectivity index (χ1n) is 6.46. The second-order valence-electron chi connectivity index (χ2n) is 4.68. The fraction of sp³-hybridized carbons (Fsp3) is 0.429. The van der Waals surface area contributed by atoms with Gasteiger partial charge in [0.15, 0.2) is 23.9 Å². The van der Waals surface area contributed by atoms with Crippen molar-refractivity contribution in [3.63, 3.8) is 0 Å². The number of methoxy groups -OCH3 is 1. The summed E-state index contributed by atoms with van der Waals surface area (Å²) in [4.78, 5) is 4.25. The summed E-state index contributed by atoms with van der Waals surface area (Å²) in [5.74, 6) is 2.60. The third-order valence-electron chi connectivity index (χ3n) is 2.82. The van der Waals surface area contributed by atoms with Crippen LogP contribution in [0.5, 0.6) is 11.5 Å². The largest absolute Gasteiger partial charge is 0.493 e. The minimum atomic E-state index is 0.206. The molecule has 6 nitrogen and oxygen atoms in total. The zero-order valence-electron chi connectivity index (χ0n) is 11.9. The Kier molecular flexibility index (Phi) is 4.57. The number of nitrogens with zero attached hydrogens (tertiary/aromatic N) is 2. The summed E-state index contributed by atoms with van der Waals surface area (Å²) in [7, 11) is 1.59. The average Bonchev–Trinajstić information content (AvgIpc) is 2.94. The summed E-state index contributed by atoms with van der Waals surface area (Å²) in [6.45, 7) is 4.67. The predicted molar refractivity (Wildman–Crippen MR) is 73.6 cm³/mol. The first-order chi connectivity index (χ1) is 9.63. The van der Waals surface area contributed by atoms with E-state index in [9.17, 15) is 0 Å². The monoisotopic (exact) mass is 277 g/mol. The van der Waals surface area contributed by atoms with E-state index >= 15 is 0 Å². The zero-order valence-corrected chi connectivity index (χ0v) is 11.9. The van der Waals surface area contributed by atoms with E-state index in [0.717, 1.165) is 5.56 Å². The molecular formula is C14H19N3O3. The maximum absolute atomic E-state index is 5.64. The molecule has 0 spiro atoms. The van der Waals surface area contributed by atoms with Gasteiger partial charge in [-0.3, -0.25) is 0 Å². The number of hydrogen-bond donors (Lipinski definition) is 1. The molecule has 0 bridgehead atoms. The number of ether oxygens (including phenoxy) is 2. The van der Waals surface area contributed by atoms with Gasteiger partial charge in [0.2, 0.25) is 0 Å². The van der Waals surface area contributed by atoms with Gasteiger partial charge in [0.05, 0.1) is 7.11 Å². The zero-order chi connectivity index (χ0) is 14.5. The second-order valence-corrected chi connectivity index (χ2v) is 4.68. The van der Waals surface area contributed by atoms with Crippen LogP contribution < -0.4 is 15.2 Å². The maximum atomic E-state index is 5.64. The van der Waals surface area contributed by atoms with E-state index in [1.165, 1.54) is 0 Å². The van der Waals surface area contributed by atoms with Gasteiger partial charge in [0, 0.05) is 12.5 Å². The topological polar surface area (TPSA) is 83.4 Å². The van der Waals surface area contributed by atoms with Gasteiger partial charge in [-0.25, -0.2) is 0 Å². The van der Waals surface area contributed by atoms with Crippen LogP contribution in [-0.2, 0) is 13.2 Å². The molecule has 0 amide bonds. The standard InChI is InChI=1S/C14H19N3O3/c1-9(2)14-16-13(20-17-14)8-19-11-5-4-10(7-15)6-12(11)18-3/h4-6,9H,7-8,15H2,1-3H3. The molecule has 108 valence electrons. The van der Waals surface area contributed by atoms with Crippen molar-refractivity contribution in [1.82, 2.24) is 10.1 Å². The summed E-state index contributed by atoms with van der Waals surface area (Å²) in [5, 5.41) is 3.88. The molecule has 0 atom stereocenters.